The molecule has 0 saturated carbocycles. The predicted molar refractivity (Wildman–Crippen MR) is 405 cm³/mol. The van der Waals surface area contributed by atoms with Crippen LogP contribution in [0.4, 0.5) is 0 Å². The molecule has 6 aromatic heterocycles. The number of nitrogens with zero attached hydrogens (tertiary/aromatic N) is 9. The third-order valence-electron chi connectivity index (χ3n) is 20.3. The lowest BCUT2D eigenvalue weighted by Crippen LogP contribution is -2.74. The van der Waals surface area contributed by atoms with Crippen LogP contribution in [0.25, 0.3) is 149 Å². The average molecular weight is 1270 g/mol. The molecule has 0 saturated heterocycles. The van der Waals surface area contributed by atoms with Crippen LogP contribution >= 0.6 is 0 Å². The second kappa shape index (κ2) is 21.7. The molecule has 0 aliphatic rings. The normalized spacial score (nSPS) is 12.1. The Hall–Kier alpha value is -13.2. The summed E-state index contributed by atoms with van der Waals surface area (Å²) in [6, 6.07) is 123. The fourth-order valence-corrected chi connectivity index (χ4v) is 20.9. The van der Waals surface area contributed by atoms with E-state index in [0.29, 0.717) is 23.3 Å². The van der Waals surface area contributed by atoms with Crippen molar-refractivity contribution in [3.8, 4) is 46.4 Å². The first-order chi connectivity index (χ1) is 48.6. The molecule has 20 aromatic rings. The number of fused-ring (bicyclic) bond motifs is 15. The molecule has 0 aliphatic heterocycles. The molecule has 0 N–H and O–H groups in total. The summed E-state index contributed by atoms with van der Waals surface area (Å²) in [5.74, 6) is 1.50. The van der Waals surface area contributed by atoms with Crippen molar-refractivity contribution in [1.82, 2.24) is 37.8 Å². The van der Waals surface area contributed by atoms with Crippen molar-refractivity contribution in [2.24, 2.45) is 0 Å². The number of aromatic nitrogens is 8. The number of hydrogen-bond acceptors (Lipinski definition) is 4. The van der Waals surface area contributed by atoms with Crippen molar-refractivity contribution in [3.05, 3.63) is 339 Å². The van der Waals surface area contributed by atoms with Crippen LogP contribution in [0.2, 0.25) is 0 Å². The highest BCUT2D eigenvalue weighted by Crippen LogP contribution is 2.42. The summed E-state index contributed by atoms with van der Waals surface area (Å²) < 4.78 is 11.6. The molecule has 6 heterocycles. The second-order valence-electron chi connectivity index (χ2n) is 25.4. The molecule has 0 aliphatic carbocycles. The minimum absolute atomic E-state index is 0.481. The van der Waals surface area contributed by atoms with Crippen LogP contribution in [0, 0.1) is 11.3 Å². The molecule has 0 unspecified atom stereocenters. The highest BCUT2D eigenvalue weighted by molar-refractivity contribution is 7.19. The molecule has 0 bridgehead atoms. The average Bonchev–Trinajstić information content (AvgIpc) is 1.54. The van der Waals surface area contributed by atoms with E-state index in [9.17, 15) is 5.26 Å². The van der Waals surface area contributed by atoms with E-state index in [1.165, 1.54) is 42.3 Å². The van der Waals surface area contributed by atoms with Crippen LogP contribution in [0.5, 0.6) is 0 Å². The Morgan fingerprint density at radius 1 is 0.235 bits per heavy atom. The van der Waals surface area contributed by atoms with E-state index in [1.54, 1.807) is 0 Å². The highest BCUT2D eigenvalue weighted by Gasteiger charge is 2.41. The summed E-state index contributed by atoms with van der Waals surface area (Å²) >= 11 is 0. The smallest absolute Gasteiger partial charge is 0.240 e. The number of nitriles is 1. The van der Waals surface area contributed by atoms with E-state index in [4.69, 9.17) is 15.0 Å². The molecule has 0 radical (unpaired) electrons. The fraction of sp³-hybridized carbons (Fsp3) is 0. The summed E-state index contributed by atoms with van der Waals surface area (Å²) in [6.45, 7) is 0. The molecule has 20 rings (SSSR count). The third-order valence-corrected chi connectivity index (χ3v) is 25.1. The van der Waals surface area contributed by atoms with E-state index < -0.39 is 8.07 Å². The minimum atomic E-state index is -2.91. The van der Waals surface area contributed by atoms with Crippen LogP contribution in [-0.2, 0) is 0 Å². The van der Waals surface area contributed by atoms with Gasteiger partial charge in [-0.2, -0.15) is 20.2 Å². The molecule has 14 aromatic carbocycles. The highest BCUT2D eigenvalue weighted by atomic mass is 28.3. The van der Waals surface area contributed by atoms with Gasteiger partial charge in [0.05, 0.1) is 66.8 Å². The Morgan fingerprint density at radius 3 is 0.878 bits per heavy atom. The van der Waals surface area contributed by atoms with Crippen molar-refractivity contribution in [2.75, 3.05) is 0 Å². The molecule has 0 fully saturated rings. The van der Waals surface area contributed by atoms with Crippen molar-refractivity contribution in [2.45, 2.75) is 0 Å². The van der Waals surface area contributed by atoms with Crippen LogP contribution in [0.15, 0.2) is 334 Å². The maximum atomic E-state index is 10.0. The number of para-hydroxylation sites is 6. The van der Waals surface area contributed by atoms with E-state index in [0.717, 1.165) is 110 Å². The molecule has 456 valence electrons. The summed E-state index contributed by atoms with van der Waals surface area (Å²) in [5.41, 5.74) is 15.0. The van der Waals surface area contributed by atoms with Crippen molar-refractivity contribution < 1.29 is 0 Å². The van der Waals surface area contributed by atoms with E-state index in [-0.39, 0.29) is 0 Å². The lowest BCUT2D eigenvalue weighted by Gasteiger charge is -2.34. The molecule has 0 atom stereocenters. The SMILES string of the molecule is N#Cc1ccc2c(c1)c1ccccc1n2-c1ccc2c(c1)c1ccccc1n2-c1nc(-c2ccc([Si](c3ccccc3)(c3ccccc3)c3ccccc3)cc2)nc(-n2c3ccc(-n4c5ccccc5c5ccccc54)cc3c3cc(-n4c5ccccc5c5ccccc54)ccc32)n1. The summed E-state index contributed by atoms with van der Waals surface area (Å²) in [7, 11) is -2.91. The van der Waals surface area contributed by atoms with Gasteiger partial charge in [0.1, 0.15) is 0 Å². The zero-order chi connectivity index (χ0) is 64.6. The number of rotatable bonds is 10. The largest absolute Gasteiger partial charge is 0.309 e. The van der Waals surface area contributed by atoms with Gasteiger partial charge >= 0.3 is 0 Å². The standard InChI is InChI=1S/C88H55N9Si/c89-56-57-40-48-82-72(52-57)70-32-14-20-38-80(70)95(82)59-43-49-83-73(53-59)71-33-15-21-39-81(71)96(83)87-90-86(58-41-46-65(47-42-58)98(62-22-4-1-5-23-62,63-24-6-2-7-25-63)64-26-8-3-9-27-64)91-88(92-87)97-84-50-44-60(93-76-34-16-10-28-66(76)67-29-11-17-35-77(67)93)54-74(84)75-55-61(45-51-85(75)97)94-78-36-18-12-30-68(78)69-31-13-19-37-79(69)94/h1-55H. The molecular formula is C88H55N9Si. The molecule has 0 amide bonds. The van der Waals surface area contributed by atoms with E-state index in [2.05, 4.69) is 350 Å². The van der Waals surface area contributed by atoms with Gasteiger partial charge in [0.2, 0.25) is 11.9 Å². The predicted octanol–water partition coefficient (Wildman–Crippen LogP) is 18.3. The zero-order valence-corrected chi connectivity index (χ0v) is 53.8. The maximum absolute atomic E-state index is 10.0. The van der Waals surface area contributed by atoms with Crippen LogP contribution < -0.4 is 20.7 Å². The Morgan fingerprint density at radius 2 is 0.510 bits per heavy atom. The molecule has 10 heteroatoms. The molecular weight excluding hydrogens is 1210 g/mol. The molecule has 9 nitrogen and oxygen atoms in total. The Balaban J connectivity index is 0.853. The summed E-state index contributed by atoms with van der Waals surface area (Å²) in [4.78, 5) is 17.1. The molecule has 0 spiro atoms. The Labute approximate surface area is 563 Å². The Kier molecular flexibility index (Phi) is 12.2. The van der Waals surface area contributed by atoms with Gasteiger partial charge < -0.3 is 13.7 Å². The topological polar surface area (TPSA) is 87.1 Å². The van der Waals surface area contributed by atoms with E-state index >= 15 is 0 Å². The van der Waals surface area contributed by atoms with Crippen LogP contribution in [0.3, 0.4) is 0 Å². The summed E-state index contributed by atoms with van der Waals surface area (Å²) in [6.07, 6.45) is 0. The minimum Gasteiger partial charge on any atom is -0.309 e. The van der Waals surface area contributed by atoms with Gasteiger partial charge in [0.15, 0.2) is 13.9 Å². The van der Waals surface area contributed by atoms with Gasteiger partial charge in [-0.1, -0.05) is 224 Å². The van der Waals surface area contributed by atoms with Gasteiger partial charge in [-0.15, -0.1) is 0 Å². The quantitative estimate of drug-likeness (QED) is 0.101. The van der Waals surface area contributed by atoms with Gasteiger partial charge in [0, 0.05) is 76.5 Å². The second-order valence-corrected chi connectivity index (χ2v) is 29.2. The first kappa shape index (κ1) is 55.3. The van der Waals surface area contributed by atoms with Crippen molar-refractivity contribution in [1.29, 1.82) is 5.26 Å². The van der Waals surface area contributed by atoms with Gasteiger partial charge in [0.25, 0.3) is 0 Å². The van der Waals surface area contributed by atoms with Crippen LogP contribution in [-0.4, -0.2) is 45.9 Å². The Bertz CT molecular complexity index is 6310. The lowest BCUT2D eigenvalue weighted by atomic mass is 10.1. The first-order valence-corrected chi connectivity index (χ1v) is 35.1. The zero-order valence-electron chi connectivity index (χ0n) is 52.8. The number of benzene rings is 14. The van der Waals surface area contributed by atoms with Crippen molar-refractivity contribution >= 4 is 138 Å². The van der Waals surface area contributed by atoms with E-state index in [1.807, 2.05) is 12.1 Å². The summed E-state index contributed by atoms with van der Waals surface area (Å²) in [5, 5.41) is 26.3. The maximum Gasteiger partial charge on any atom is 0.240 e. The lowest BCUT2D eigenvalue weighted by molar-refractivity contribution is 0.892. The monoisotopic (exact) mass is 1270 g/mol. The van der Waals surface area contributed by atoms with Gasteiger partial charge in [-0.05, 0) is 130 Å². The van der Waals surface area contributed by atoms with Crippen LogP contribution in [0.1, 0.15) is 5.56 Å². The van der Waals surface area contributed by atoms with Crippen molar-refractivity contribution in [3.63, 3.8) is 0 Å². The third kappa shape index (κ3) is 8.14. The first-order valence-electron chi connectivity index (χ1n) is 33.1. The number of hydrogen-bond donors (Lipinski definition) is 0. The van der Waals surface area contributed by atoms with Gasteiger partial charge in [-0.25, -0.2) is 0 Å². The fourth-order valence-electron chi connectivity index (χ4n) is 16.1. The molecule has 98 heavy (non-hydrogen) atoms. The van der Waals surface area contributed by atoms with Gasteiger partial charge in [-0.3, -0.25) is 9.13 Å².